The molecule has 35 heavy (non-hydrogen) atoms. The Morgan fingerprint density at radius 2 is 1.34 bits per heavy atom. The predicted molar refractivity (Wildman–Crippen MR) is 147 cm³/mol. The molecule has 0 amide bonds. The average molecular weight is 475 g/mol. The summed E-state index contributed by atoms with van der Waals surface area (Å²) in [6.07, 6.45) is 10.7. The van der Waals surface area contributed by atoms with Gasteiger partial charge in [-0.1, -0.05) is 102 Å². The molecule has 0 aliphatic carbocycles. The zero-order valence-corrected chi connectivity index (χ0v) is 21.9. The van der Waals surface area contributed by atoms with Crippen LogP contribution in [0.4, 0.5) is 0 Å². The van der Waals surface area contributed by atoms with Crippen LogP contribution in [0.1, 0.15) is 94.5 Å². The molecule has 1 atom stereocenters. The molecule has 0 N–H and O–H groups in total. The molecule has 3 heteroatoms. The van der Waals surface area contributed by atoms with Crippen LogP contribution in [0.2, 0.25) is 0 Å². The lowest BCUT2D eigenvalue weighted by molar-refractivity contribution is 0.0963. The zero-order valence-electron chi connectivity index (χ0n) is 21.9. The molecular formula is C32H42O3. The van der Waals surface area contributed by atoms with Crippen LogP contribution >= 0.6 is 0 Å². The van der Waals surface area contributed by atoms with Crippen LogP contribution < -0.4 is 9.47 Å². The summed E-state index contributed by atoms with van der Waals surface area (Å²) in [6.45, 7) is 7.75. The SMILES string of the molecule is CCCCCCCCCOc1ccc2cc(OCc3ccc(C(=O)C[C@H](C)CC)cc3)ccc2c1. The Bertz CT molecular complexity index is 1040. The molecule has 0 aliphatic rings. The number of carbonyl (C=O) groups excluding carboxylic acids is 1. The van der Waals surface area contributed by atoms with Crippen molar-refractivity contribution in [2.75, 3.05) is 6.61 Å². The van der Waals surface area contributed by atoms with Crippen molar-refractivity contribution in [1.82, 2.24) is 0 Å². The lowest BCUT2D eigenvalue weighted by atomic mass is 9.97. The van der Waals surface area contributed by atoms with Crippen molar-refractivity contribution < 1.29 is 14.3 Å². The Morgan fingerprint density at radius 1 is 0.743 bits per heavy atom. The largest absolute Gasteiger partial charge is 0.494 e. The van der Waals surface area contributed by atoms with E-state index in [9.17, 15) is 4.79 Å². The van der Waals surface area contributed by atoms with Gasteiger partial charge in [0.05, 0.1) is 6.61 Å². The van der Waals surface area contributed by atoms with Gasteiger partial charge >= 0.3 is 0 Å². The number of unbranched alkanes of at least 4 members (excludes halogenated alkanes) is 6. The standard InChI is InChI=1S/C32H42O3/c1-4-6-7-8-9-10-11-20-34-30-18-16-29-23-31(19-17-28(29)22-30)35-24-26-12-14-27(15-13-26)32(33)21-25(3)5-2/h12-19,22-23,25H,4-11,20-21,24H2,1-3H3/t25-/m1/s1. The molecule has 0 saturated heterocycles. The fraction of sp³-hybridized carbons (Fsp3) is 0.469. The number of ketones is 1. The fourth-order valence-corrected chi connectivity index (χ4v) is 4.16. The Balaban J connectivity index is 1.45. The van der Waals surface area contributed by atoms with Crippen LogP contribution in [0.5, 0.6) is 11.5 Å². The third-order valence-electron chi connectivity index (χ3n) is 6.71. The number of hydrogen-bond donors (Lipinski definition) is 0. The quantitative estimate of drug-likeness (QED) is 0.153. The van der Waals surface area contributed by atoms with Crippen LogP contribution in [0, 0.1) is 5.92 Å². The molecule has 188 valence electrons. The first-order valence-electron chi connectivity index (χ1n) is 13.5. The van der Waals surface area contributed by atoms with Gasteiger partial charge in [-0.3, -0.25) is 4.79 Å². The second kappa shape index (κ2) is 14.6. The highest BCUT2D eigenvalue weighted by atomic mass is 16.5. The van der Waals surface area contributed by atoms with Crippen molar-refractivity contribution in [3.63, 3.8) is 0 Å². The van der Waals surface area contributed by atoms with E-state index in [0.29, 0.717) is 18.9 Å². The van der Waals surface area contributed by atoms with Crippen LogP contribution in [0.25, 0.3) is 10.8 Å². The van der Waals surface area contributed by atoms with Gasteiger partial charge < -0.3 is 9.47 Å². The van der Waals surface area contributed by atoms with Crippen molar-refractivity contribution in [2.45, 2.75) is 85.2 Å². The topological polar surface area (TPSA) is 35.5 Å². The Kier molecular flexibility index (Phi) is 11.1. The minimum Gasteiger partial charge on any atom is -0.494 e. The number of rotatable bonds is 16. The number of hydrogen-bond acceptors (Lipinski definition) is 3. The third kappa shape index (κ3) is 9.05. The molecule has 3 aromatic rings. The van der Waals surface area contributed by atoms with Crippen molar-refractivity contribution >= 4 is 16.6 Å². The van der Waals surface area contributed by atoms with Crippen molar-refractivity contribution in [3.05, 3.63) is 71.8 Å². The normalized spacial score (nSPS) is 12.0. The van der Waals surface area contributed by atoms with E-state index >= 15 is 0 Å². The van der Waals surface area contributed by atoms with Gasteiger partial charge in [-0.05, 0) is 52.9 Å². The zero-order chi connectivity index (χ0) is 24.9. The lowest BCUT2D eigenvalue weighted by Crippen LogP contribution is -2.05. The van der Waals surface area contributed by atoms with Gasteiger partial charge in [0.1, 0.15) is 18.1 Å². The monoisotopic (exact) mass is 474 g/mol. The first-order valence-corrected chi connectivity index (χ1v) is 13.5. The Hall–Kier alpha value is -2.81. The molecule has 0 aliphatic heterocycles. The highest BCUT2D eigenvalue weighted by Crippen LogP contribution is 2.26. The van der Waals surface area contributed by atoms with Crippen LogP contribution in [0.3, 0.4) is 0 Å². The molecule has 0 saturated carbocycles. The first-order chi connectivity index (χ1) is 17.1. The molecule has 3 nitrogen and oxygen atoms in total. The first kappa shape index (κ1) is 26.8. The minimum atomic E-state index is 0.215. The van der Waals surface area contributed by atoms with E-state index in [0.717, 1.165) is 52.8 Å². The highest BCUT2D eigenvalue weighted by Gasteiger charge is 2.10. The summed E-state index contributed by atoms with van der Waals surface area (Å²) in [5.74, 6) is 2.41. The summed E-state index contributed by atoms with van der Waals surface area (Å²) in [5, 5.41) is 2.29. The lowest BCUT2D eigenvalue weighted by Gasteiger charge is -2.10. The van der Waals surface area contributed by atoms with Crippen LogP contribution in [0.15, 0.2) is 60.7 Å². The summed E-state index contributed by atoms with van der Waals surface area (Å²) in [4.78, 5) is 12.3. The van der Waals surface area contributed by atoms with Gasteiger partial charge in [0.25, 0.3) is 0 Å². The molecule has 0 aromatic heterocycles. The van der Waals surface area contributed by atoms with Gasteiger partial charge in [0, 0.05) is 12.0 Å². The summed E-state index contributed by atoms with van der Waals surface area (Å²) in [6, 6.07) is 20.2. The number of fused-ring (bicyclic) bond motifs is 1. The smallest absolute Gasteiger partial charge is 0.163 e. The van der Waals surface area contributed by atoms with Crippen molar-refractivity contribution in [3.8, 4) is 11.5 Å². The maximum absolute atomic E-state index is 12.3. The maximum Gasteiger partial charge on any atom is 0.163 e. The van der Waals surface area contributed by atoms with E-state index in [1.54, 1.807) is 0 Å². The van der Waals surface area contributed by atoms with Crippen LogP contribution in [-0.4, -0.2) is 12.4 Å². The number of benzene rings is 3. The molecular weight excluding hydrogens is 432 g/mol. The third-order valence-corrected chi connectivity index (χ3v) is 6.71. The molecule has 0 spiro atoms. The van der Waals surface area contributed by atoms with E-state index < -0.39 is 0 Å². The van der Waals surface area contributed by atoms with E-state index in [1.807, 2.05) is 36.4 Å². The van der Waals surface area contributed by atoms with Gasteiger partial charge in [-0.2, -0.15) is 0 Å². The number of ether oxygens (including phenoxy) is 2. The number of carbonyl (C=O) groups is 1. The molecule has 0 bridgehead atoms. The fourth-order valence-electron chi connectivity index (χ4n) is 4.16. The molecule has 3 aromatic carbocycles. The van der Waals surface area contributed by atoms with Crippen LogP contribution in [-0.2, 0) is 6.61 Å². The van der Waals surface area contributed by atoms with E-state index in [1.165, 1.54) is 38.5 Å². The maximum atomic E-state index is 12.3. The van der Waals surface area contributed by atoms with E-state index in [-0.39, 0.29) is 5.78 Å². The second-order valence-electron chi connectivity index (χ2n) is 9.77. The molecule has 0 radical (unpaired) electrons. The molecule has 0 heterocycles. The van der Waals surface area contributed by atoms with E-state index in [4.69, 9.17) is 9.47 Å². The molecule has 0 unspecified atom stereocenters. The van der Waals surface area contributed by atoms with Gasteiger partial charge in [-0.25, -0.2) is 0 Å². The van der Waals surface area contributed by atoms with Gasteiger partial charge in [0.15, 0.2) is 5.78 Å². The molecule has 0 fully saturated rings. The Labute approximate surface area is 211 Å². The van der Waals surface area contributed by atoms with E-state index in [2.05, 4.69) is 45.0 Å². The van der Waals surface area contributed by atoms with Crippen molar-refractivity contribution in [1.29, 1.82) is 0 Å². The summed E-state index contributed by atoms with van der Waals surface area (Å²) < 4.78 is 12.0. The predicted octanol–water partition coefficient (Wildman–Crippen LogP) is 9.17. The summed E-state index contributed by atoms with van der Waals surface area (Å²) in [7, 11) is 0. The summed E-state index contributed by atoms with van der Waals surface area (Å²) in [5.41, 5.74) is 1.84. The highest BCUT2D eigenvalue weighted by molar-refractivity contribution is 5.96. The van der Waals surface area contributed by atoms with Gasteiger partial charge in [-0.15, -0.1) is 0 Å². The average Bonchev–Trinajstić information content (AvgIpc) is 2.89. The van der Waals surface area contributed by atoms with Gasteiger partial charge in [0.2, 0.25) is 0 Å². The number of Topliss-reactive ketones (excluding diaryl/α,β-unsaturated/α-hetero) is 1. The Morgan fingerprint density at radius 3 is 1.97 bits per heavy atom. The van der Waals surface area contributed by atoms with Crippen molar-refractivity contribution in [2.24, 2.45) is 5.92 Å². The second-order valence-corrected chi connectivity index (χ2v) is 9.77. The summed E-state index contributed by atoms with van der Waals surface area (Å²) >= 11 is 0. The molecule has 3 rings (SSSR count). The minimum absolute atomic E-state index is 0.215.